The molecule has 4 nitrogen and oxygen atoms in total. The SMILES string of the molecule is CC(NCC(=O)N1CCOC(c2ccc(F)cc2)C1)c1ccccc1Cl. The highest BCUT2D eigenvalue weighted by atomic mass is 35.5. The Morgan fingerprint density at radius 2 is 2.04 bits per heavy atom. The first-order chi connectivity index (χ1) is 12.5. The minimum absolute atomic E-state index is 0.0133. The van der Waals surface area contributed by atoms with Crippen LogP contribution in [0, 0.1) is 5.82 Å². The van der Waals surface area contributed by atoms with Crippen LogP contribution < -0.4 is 5.32 Å². The molecule has 2 atom stereocenters. The number of ether oxygens (including phenoxy) is 1. The van der Waals surface area contributed by atoms with Crippen molar-refractivity contribution in [2.24, 2.45) is 0 Å². The Kier molecular flexibility index (Phi) is 6.25. The van der Waals surface area contributed by atoms with Crippen LogP contribution in [-0.2, 0) is 9.53 Å². The van der Waals surface area contributed by atoms with E-state index in [9.17, 15) is 9.18 Å². The Hall–Kier alpha value is -1.95. The summed E-state index contributed by atoms with van der Waals surface area (Å²) in [6.07, 6.45) is -0.228. The van der Waals surface area contributed by atoms with Crippen LogP contribution in [0.15, 0.2) is 48.5 Å². The van der Waals surface area contributed by atoms with Gasteiger partial charge in [0.2, 0.25) is 5.91 Å². The summed E-state index contributed by atoms with van der Waals surface area (Å²) in [7, 11) is 0. The summed E-state index contributed by atoms with van der Waals surface area (Å²) in [5, 5.41) is 3.92. The second-order valence-corrected chi connectivity index (χ2v) is 6.78. The van der Waals surface area contributed by atoms with E-state index in [4.69, 9.17) is 16.3 Å². The van der Waals surface area contributed by atoms with Gasteiger partial charge in [0.15, 0.2) is 0 Å². The molecule has 0 bridgehead atoms. The molecule has 1 amide bonds. The second-order valence-electron chi connectivity index (χ2n) is 6.37. The predicted octanol–water partition coefficient (Wildman–Crippen LogP) is 3.73. The van der Waals surface area contributed by atoms with Crippen molar-refractivity contribution in [2.75, 3.05) is 26.2 Å². The lowest BCUT2D eigenvalue weighted by Crippen LogP contribution is -2.46. The van der Waals surface area contributed by atoms with Crippen molar-refractivity contribution >= 4 is 17.5 Å². The van der Waals surface area contributed by atoms with E-state index in [1.54, 1.807) is 17.0 Å². The summed E-state index contributed by atoms with van der Waals surface area (Å²) in [4.78, 5) is 14.3. The number of halogens is 2. The maximum atomic E-state index is 13.1. The molecule has 0 saturated carbocycles. The van der Waals surface area contributed by atoms with Crippen LogP contribution in [0.3, 0.4) is 0 Å². The fourth-order valence-corrected chi connectivity index (χ4v) is 3.34. The molecule has 2 aromatic carbocycles. The zero-order valence-electron chi connectivity index (χ0n) is 14.6. The molecule has 0 aromatic heterocycles. The molecule has 2 aromatic rings. The van der Waals surface area contributed by atoms with Gasteiger partial charge in [0.1, 0.15) is 11.9 Å². The molecule has 6 heteroatoms. The number of hydrogen-bond donors (Lipinski definition) is 1. The Morgan fingerprint density at radius 1 is 1.31 bits per heavy atom. The Bertz CT molecular complexity index is 754. The molecule has 0 radical (unpaired) electrons. The van der Waals surface area contributed by atoms with Gasteiger partial charge in [-0.3, -0.25) is 4.79 Å². The van der Waals surface area contributed by atoms with E-state index in [0.29, 0.717) is 24.7 Å². The molecule has 2 unspecified atom stereocenters. The van der Waals surface area contributed by atoms with Crippen LogP contribution in [0.5, 0.6) is 0 Å². The molecule has 1 aliphatic heterocycles. The van der Waals surface area contributed by atoms with Gasteiger partial charge in [0.05, 0.1) is 19.7 Å². The average Bonchev–Trinajstić information content (AvgIpc) is 2.67. The molecule has 1 heterocycles. The smallest absolute Gasteiger partial charge is 0.236 e. The van der Waals surface area contributed by atoms with Crippen LogP contribution in [0.25, 0.3) is 0 Å². The van der Waals surface area contributed by atoms with Gasteiger partial charge in [-0.05, 0) is 36.2 Å². The Morgan fingerprint density at radius 3 is 2.77 bits per heavy atom. The number of nitrogens with one attached hydrogen (secondary N) is 1. The third-order valence-corrected chi connectivity index (χ3v) is 4.94. The minimum Gasteiger partial charge on any atom is -0.370 e. The minimum atomic E-state index is -0.282. The quantitative estimate of drug-likeness (QED) is 0.864. The summed E-state index contributed by atoms with van der Waals surface area (Å²) in [6, 6.07) is 13.8. The lowest BCUT2D eigenvalue weighted by molar-refractivity contribution is -0.138. The van der Waals surface area contributed by atoms with E-state index < -0.39 is 0 Å². The van der Waals surface area contributed by atoms with E-state index in [1.165, 1.54) is 12.1 Å². The lowest BCUT2D eigenvalue weighted by atomic mass is 10.1. The Labute approximate surface area is 157 Å². The first-order valence-corrected chi connectivity index (χ1v) is 9.05. The summed E-state index contributed by atoms with van der Waals surface area (Å²) < 4.78 is 18.8. The van der Waals surface area contributed by atoms with Gasteiger partial charge in [0.25, 0.3) is 0 Å². The van der Waals surface area contributed by atoms with Gasteiger partial charge in [0, 0.05) is 17.6 Å². The number of morpholine rings is 1. The Balaban J connectivity index is 1.56. The van der Waals surface area contributed by atoms with Crippen molar-refractivity contribution in [1.29, 1.82) is 0 Å². The standard InChI is InChI=1S/C20H22ClFN2O2/c1-14(17-4-2-3-5-18(17)21)23-12-20(25)24-10-11-26-19(13-24)15-6-8-16(22)9-7-15/h2-9,14,19,23H,10-13H2,1H3. The van der Waals surface area contributed by atoms with E-state index in [1.807, 2.05) is 31.2 Å². The highest BCUT2D eigenvalue weighted by molar-refractivity contribution is 6.31. The maximum absolute atomic E-state index is 13.1. The first kappa shape index (κ1) is 18.8. The van der Waals surface area contributed by atoms with Crippen LogP contribution in [0.2, 0.25) is 5.02 Å². The molecule has 0 spiro atoms. The average molecular weight is 377 g/mol. The van der Waals surface area contributed by atoms with Crippen molar-refractivity contribution in [2.45, 2.75) is 19.1 Å². The van der Waals surface area contributed by atoms with Gasteiger partial charge >= 0.3 is 0 Å². The first-order valence-electron chi connectivity index (χ1n) is 8.67. The van der Waals surface area contributed by atoms with E-state index in [0.717, 1.165) is 11.1 Å². The zero-order valence-corrected chi connectivity index (χ0v) is 15.4. The van der Waals surface area contributed by atoms with Crippen LogP contribution in [-0.4, -0.2) is 37.0 Å². The van der Waals surface area contributed by atoms with E-state index >= 15 is 0 Å². The monoisotopic (exact) mass is 376 g/mol. The third kappa shape index (κ3) is 4.61. The van der Waals surface area contributed by atoms with Crippen molar-refractivity contribution in [3.05, 3.63) is 70.5 Å². The topological polar surface area (TPSA) is 41.6 Å². The number of hydrogen-bond acceptors (Lipinski definition) is 3. The van der Waals surface area contributed by atoms with E-state index in [-0.39, 0.29) is 30.4 Å². The number of amides is 1. The maximum Gasteiger partial charge on any atom is 0.236 e. The van der Waals surface area contributed by atoms with Crippen LogP contribution in [0.4, 0.5) is 4.39 Å². The van der Waals surface area contributed by atoms with Gasteiger partial charge in [-0.1, -0.05) is 41.9 Å². The van der Waals surface area contributed by atoms with Gasteiger partial charge in [-0.25, -0.2) is 4.39 Å². The van der Waals surface area contributed by atoms with Crippen LogP contribution >= 0.6 is 11.6 Å². The summed E-state index contributed by atoms with van der Waals surface area (Å²) >= 11 is 6.20. The lowest BCUT2D eigenvalue weighted by Gasteiger charge is -2.33. The zero-order chi connectivity index (χ0) is 18.5. The van der Waals surface area contributed by atoms with Gasteiger partial charge in [-0.2, -0.15) is 0 Å². The molecular formula is C20H22ClFN2O2. The fraction of sp³-hybridized carbons (Fsp3) is 0.350. The molecule has 1 N–H and O–H groups in total. The number of nitrogens with zero attached hydrogens (tertiary/aromatic N) is 1. The predicted molar refractivity (Wildman–Crippen MR) is 99.5 cm³/mol. The normalized spacial score (nSPS) is 18.6. The number of rotatable bonds is 5. The molecule has 1 fully saturated rings. The number of carbonyl (C=O) groups is 1. The number of benzene rings is 2. The third-order valence-electron chi connectivity index (χ3n) is 4.59. The molecule has 0 aliphatic carbocycles. The van der Waals surface area contributed by atoms with E-state index in [2.05, 4.69) is 5.32 Å². The molecule has 1 aliphatic rings. The van der Waals surface area contributed by atoms with Crippen molar-refractivity contribution in [3.63, 3.8) is 0 Å². The molecule has 3 rings (SSSR count). The molecule has 26 heavy (non-hydrogen) atoms. The number of carbonyl (C=O) groups excluding carboxylic acids is 1. The largest absolute Gasteiger partial charge is 0.370 e. The summed E-state index contributed by atoms with van der Waals surface area (Å²) in [6.45, 7) is 3.69. The highest BCUT2D eigenvalue weighted by Crippen LogP contribution is 2.24. The van der Waals surface area contributed by atoms with Crippen molar-refractivity contribution in [1.82, 2.24) is 10.2 Å². The second kappa shape index (κ2) is 8.62. The summed E-state index contributed by atoms with van der Waals surface area (Å²) in [5.41, 5.74) is 1.84. The molecular weight excluding hydrogens is 355 g/mol. The molecule has 1 saturated heterocycles. The summed E-state index contributed by atoms with van der Waals surface area (Å²) in [5.74, 6) is -0.269. The molecule has 138 valence electrons. The highest BCUT2D eigenvalue weighted by Gasteiger charge is 2.25. The van der Waals surface area contributed by atoms with Gasteiger partial charge in [-0.15, -0.1) is 0 Å². The van der Waals surface area contributed by atoms with Crippen molar-refractivity contribution in [3.8, 4) is 0 Å². The van der Waals surface area contributed by atoms with Gasteiger partial charge < -0.3 is 15.0 Å². The van der Waals surface area contributed by atoms with Crippen LogP contribution in [0.1, 0.15) is 30.2 Å². The van der Waals surface area contributed by atoms with Crippen molar-refractivity contribution < 1.29 is 13.9 Å². The fourth-order valence-electron chi connectivity index (χ4n) is 3.04.